The van der Waals surface area contributed by atoms with Crippen LogP contribution in [0.2, 0.25) is 0 Å². The van der Waals surface area contributed by atoms with E-state index in [2.05, 4.69) is 10.6 Å². The Morgan fingerprint density at radius 1 is 1.44 bits per heavy atom. The van der Waals surface area contributed by atoms with E-state index in [1.54, 1.807) is 0 Å². The van der Waals surface area contributed by atoms with E-state index in [1.807, 2.05) is 0 Å². The van der Waals surface area contributed by atoms with Crippen LogP contribution in [0, 0.1) is 0 Å². The Bertz CT molecular complexity index is 395. The number of piperidine rings is 1. The number of hydrogen-bond acceptors (Lipinski definition) is 4. The first-order chi connectivity index (χ1) is 8.32. The van der Waals surface area contributed by atoms with Gasteiger partial charge in [-0.1, -0.05) is 0 Å². The van der Waals surface area contributed by atoms with Crippen LogP contribution in [0.4, 0.5) is 4.79 Å². The zero-order chi connectivity index (χ0) is 13.9. The average molecular weight is 257 g/mol. The maximum atomic E-state index is 11.6. The Labute approximate surface area is 103 Å². The highest BCUT2D eigenvalue weighted by molar-refractivity contribution is 6.01. The summed E-state index contributed by atoms with van der Waals surface area (Å²) in [5.74, 6) is -1.96. The second kappa shape index (κ2) is 5.48. The van der Waals surface area contributed by atoms with Crippen molar-refractivity contribution in [1.82, 2.24) is 15.5 Å². The van der Waals surface area contributed by atoms with E-state index >= 15 is 0 Å². The third kappa shape index (κ3) is 3.19. The van der Waals surface area contributed by atoms with Crippen molar-refractivity contribution in [2.24, 2.45) is 0 Å². The molecule has 1 aliphatic heterocycles. The number of nitrogens with zero attached hydrogens (tertiary/aromatic N) is 1. The molecule has 0 radical (unpaired) electrons. The maximum Gasteiger partial charge on any atom is 0.325 e. The molecular formula is C10H15N3O5. The maximum absolute atomic E-state index is 11.6. The van der Waals surface area contributed by atoms with E-state index in [0.717, 1.165) is 4.90 Å². The molecule has 8 heteroatoms. The first kappa shape index (κ1) is 13.9. The summed E-state index contributed by atoms with van der Waals surface area (Å²) in [6, 6.07) is -2.59. The van der Waals surface area contributed by atoms with Crippen molar-refractivity contribution in [3.05, 3.63) is 0 Å². The number of imide groups is 1. The number of carbonyl (C=O) groups is 4. The summed E-state index contributed by atoms with van der Waals surface area (Å²) in [4.78, 5) is 45.7. The smallest absolute Gasteiger partial charge is 0.325 e. The van der Waals surface area contributed by atoms with E-state index in [4.69, 9.17) is 5.11 Å². The van der Waals surface area contributed by atoms with Crippen LogP contribution in [0.1, 0.15) is 19.8 Å². The summed E-state index contributed by atoms with van der Waals surface area (Å²) in [6.07, 6.45) is 0.387. The number of hydrogen-bond donors (Lipinski definition) is 3. The molecule has 2 atom stereocenters. The Balaban J connectivity index is 2.52. The van der Waals surface area contributed by atoms with Gasteiger partial charge in [-0.2, -0.15) is 0 Å². The molecule has 1 heterocycles. The van der Waals surface area contributed by atoms with E-state index < -0.39 is 30.0 Å². The first-order valence-corrected chi connectivity index (χ1v) is 5.43. The number of urea groups is 1. The topological polar surface area (TPSA) is 116 Å². The standard InChI is InChI=1S/C10H15N3O5/c1-5(9(16)17)11-10(18)12-6-3-4-7(14)13(2)8(6)15/h5-6H,3-4H2,1-2H3,(H,16,17)(H2,11,12,18)/t5-,6?/m0/s1. The van der Waals surface area contributed by atoms with Gasteiger partial charge in [0.15, 0.2) is 0 Å². The van der Waals surface area contributed by atoms with Crippen LogP contribution >= 0.6 is 0 Å². The molecule has 100 valence electrons. The molecule has 3 N–H and O–H groups in total. The number of likely N-dealkylation sites (tertiary alicyclic amines) is 1. The summed E-state index contributed by atoms with van der Waals surface area (Å²) in [5, 5.41) is 13.1. The SMILES string of the molecule is C[C@H](NC(=O)NC1CCC(=O)N(C)C1=O)C(=O)O. The first-order valence-electron chi connectivity index (χ1n) is 5.43. The molecule has 1 unspecified atom stereocenters. The highest BCUT2D eigenvalue weighted by Crippen LogP contribution is 2.11. The summed E-state index contributed by atoms with van der Waals surface area (Å²) >= 11 is 0. The quantitative estimate of drug-likeness (QED) is 0.555. The van der Waals surface area contributed by atoms with Gasteiger partial charge in [-0.15, -0.1) is 0 Å². The second-order valence-corrected chi connectivity index (χ2v) is 4.06. The molecule has 1 rings (SSSR count). The third-order valence-electron chi connectivity index (χ3n) is 2.67. The molecule has 0 aromatic rings. The van der Waals surface area contributed by atoms with Gasteiger partial charge in [0.2, 0.25) is 5.91 Å². The van der Waals surface area contributed by atoms with Gasteiger partial charge >= 0.3 is 12.0 Å². The average Bonchev–Trinajstić information content (AvgIpc) is 2.29. The van der Waals surface area contributed by atoms with Crippen molar-refractivity contribution < 1.29 is 24.3 Å². The van der Waals surface area contributed by atoms with Gasteiger partial charge in [-0.05, 0) is 13.3 Å². The van der Waals surface area contributed by atoms with Gasteiger partial charge in [0.25, 0.3) is 5.91 Å². The number of likely N-dealkylation sites (N-methyl/N-ethyl adjacent to an activating group) is 1. The predicted octanol–water partition coefficient (Wildman–Crippen LogP) is -1.09. The van der Waals surface area contributed by atoms with Crippen LogP contribution in [-0.2, 0) is 14.4 Å². The van der Waals surface area contributed by atoms with Gasteiger partial charge < -0.3 is 15.7 Å². The molecule has 0 bridgehead atoms. The monoisotopic (exact) mass is 257 g/mol. The molecule has 4 amide bonds. The molecule has 1 saturated heterocycles. The van der Waals surface area contributed by atoms with Crippen molar-refractivity contribution in [1.29, 1.82) is 0 Å². The molecule has 0 spiro atoms. The van der Waals surface area contributed by atoms with Crippen LogP contribution < -0.4 is 10.6 Å². The van der Waals surface area contributed by atoms with Gasteiger partial charge in [-0.25, -0.2) is 4.79 Å². The number of carbonyl (C=O) groups excluding carboxylic acids is 3. The summed E-state index contributed by atoms with van der Waals surface area (Å²) < 4.78 is 0. The number of nitrogens with one attached hydrogen (secondary N) is 2. The molecule has 8 nitrogen and oxygen atoms in total. The zero-order valence-electron chi connectivity index (χ0n) is 10.1. The highest BCUT2D eigenvalue weighted by atomic mass is 16.4. The number of aliphatic carboxylic acids is 1. The molecule has 0 aromatic carbocycles. The van der Waals surface area contributed by atoms with Gasteiger partial charge in [0.1, 0.15) is 12.1 Å². The van der Waals surface area contributed by atoms with Crippen LogP contribution in [0.25, 0.3) is 0 Å². The van der Waals surface area contributed by atoms with Crippen molar-refractivity contribution in [3.8, 4) is 0 Å². The molecule has 1 fully saturated rings. The fourth-order valence-electron chi connectivity index (χ4n) is 1.51. The lowest BCUT2D eigenvalue weighted by Gasteiger charge is -2.28. The molecule has 0 aliphatic carbocycles. The van der Waals surface area contributed by atoms with Crippen molar-refractivity contribution in [3.63, 3.8) is 0 Å². The largest absolute Gasteiger partial charge is 0.480 e. The summed E-state index contributed by atoms with van der Waals surface area (Å²) in [6.45, 7) is 1.31. The van der Waals surface area contributed by atoms with E-state index in [1.165, 1.54) is 14.0 Å². The lowest BCUT2D eigenvalue weighted by atomic mass is 10.1. The number of carboxylic acids is 1. The molecule has 1 aliphatic rings. The Kier molecular flexibility index (Phi) is 4.24. The number of amides is 4. The van der Waals surface area contributed by atoms with E-state index in [9.17, 15) is 19.2 Å². The minimum Gasteiger partial charge on any atom is -0.480 e. The van der Waals surface area contributed by atoms with Gasteiger partial charge in [0, 0.05) is 13.5 Å². The third-order valence-corrected chi connectivity index (χ3v) is 2.67. The highest BCUT2D eigenvalue weighted by Gasteiger charge is 2.32. The summed E-state index contributed by atoms with van der Waals surface area (Å²) in [5.41, 5.74) is 0. The predicted molar refractivity (Wildman–Crippen MR) is 59.6 cm³/mol. The van der Waals surface area contributed by atoms with Crippen LogP contribution in [-0.4, -0.2) is 53.0 Å². The van der Waals surface area contributed by atoms with E-state index in [-0.39, 0.29) is 18.7 Å². The fraction of sp³-hybridized carbons (Fsp3) is 0.600. The number of carboxylic acid groups (broad SMARTS) is 1. The van der Waals surface area contributed by atoms with Crippen LogP contribution in [0.3, 0.4) is 0 Å². The molecular weight excluding hydrogens is 242 g/mol. The number of rotatable bonds is 3. The Hall–Kier alpha value is -2.12. The Morgan fingerprint density at radius 3 is 2.61 bits per heavy atom. The fourth-order valence-corrected chi connectivity index (χ4v) is 1.51. The van der Waals surface area contributed by atoms with E-state index in [0.29, 0.717) is 0 Å². The lowest BCUT2D eigenvalue weighted by Crippen LogP contribution is -2.56. The molecule has 0 aromatic heterocycles. The van der Waals surface area contributed by atoms with Crippen LogP contribution in [0.5, 0.6) is 0 Å². The molecule has 18 heavy (non-hydrogen) atoms. The second-order valence-electron chi connectivity index (χ2n) is 4.06. The minimum absolute atomic E-state index is 0.168. The lowest BCUT2D eigenvalue weighted by molar-refractivity contribution is -0.147. The zero-order valence-corrected chi connectivity index (χ0v) is 10.1. The van der Waals surface area contributed by atoms with Crippen molar-refractivity contribution in [2.45, 2.75) is 31.8 Å². The van der Waals surface area contributed by atoms with Gasteiger partial charge in [-0.3, -0.25) is 19.3 Å². The van der Waals surface area contributed by atoms with Gasteiger partial charge in [0.05, 0.1) is 0 Å². The summed E-state index contributed by atoms with van der Waals surface area (Å²) in [7, 11) is 1.34. The minimum atomic E-state index is -1.17. The van der Waals surface area contributed by atoms with Crippen molar-refractivity contribution >= 4 is 23.8 Å². The molecule has 0 saturated carbocycles. The van der Waals surface area contributed by atoms with Crippen LogP contribution in [0.15, 0.2) is 0 Å². The normalized spacial score (nSPS) is 21.4. The van der Waals surface area contributed by atoms with Crippen molar-refractivity contribution in [2.75, 3.05) is 7.05 Å². The Morgan fingerprint density at radius 2 is 2.06 bits per heavy atom.